The number of aliphatic hydroxyl groups excluding tert-OH is 1. The summed E-state index contributed by atoms with van der Waals surface area (Å²) < 4.78 is 16.4. The van der Waals surface area contributed by atoms with Crippen molar-refractivity contribution in [3.63, 3.8) is 0 Å². The van der Waals surface area contributed by atoms with Crippen LogP contribution in [-0.4, -0.2) is 18.3 Å². The average molecular weight is 443 g/mol. The van der Waals surface area contributed by atoms with E-state index in [9.17, 15) is 4.79 Å². The van der Waals surface area contributed by atoms with Crippen LogP contribution < -0.4 is 14.9 Å². The van der Waals surface area contributed by atoms with Gasteiger partial charge in [-0.05, 0) is 31.4 Å². The van der Waals surface area contributed by atoms with E-state index in [-0.39, 0.29) is 23.5 Å². The van der Waals surface area contributed by atoms with Crippen molar-refractivity contribution >= 4 is 23.2 Å². The van der Waals surface area contributed by atoms with Crippen molar-refractivity contribution in [3.05, 3.63) is 56.1 Å². The lowest BCUT2D eigenvalue weighted by atomic mass is 10.1. The Bertz CT molecular complexity index is 819. The number of ether oxygens (including phenoxy) is 2. The summed E-state index contributed by atoms with van der Waals surface area (Å²) in [7, 11) is 0. The zero-order valence-electron chi connectivity index (χ0n) is 16.7. The minimum absolute atomic E-state index is 0.181. The molecule has 5 nitrogen and oxygen atoms in total. The first-order chi connectivity index (χ1) is 14.1. The number of halogens is 2. The first-order valence-corrected chi connectivity index (χ1v) is 10.8. The van der Waals surface area contributed by atoms with Crippen LogP contribution in [0.25, 0.3) is 0 Å². The lowest BCUT2D eigenvalue weighted by molar-refractivity contribution is 0.236. The van der Waals surface area contributed by atoms with Gasteiger partial charge < -0.3 is 19.0 Å². The highest BCUT2D eigenvalue weighted by atomic mass is 35.5. The van der Waals surface area contributed by atoms with Crippen molar-refractivity contribution < 1.29 is 19.0 Å². The summed E-state index contributed by atoms with van der Waals surface area (Å²) in [5.41, 5.74) is 0.706. The van der Waals surface area contributed by atoms with E-state index in [1.807, 2.05) is 6.07 Å². The summed E-state index contributed by atoms with van der Waals surface area (Å²) >= 11 is 12.4. The number of benzene rings is 1. The number of aliphatic hydroxyl groups is 1. The molecule has 0 aliphatic rings. The molecule has 0 aliphatic heterocycles. The van der Waals surface area contributed by atoms with Gasteiger partial charge in [0.25, 0.3) is 0 Å². The van der Waals surface area contributed by atoms with Crippen molar-refractivity contribution in [1.29, 1.82) is 0 Å². The molecule has 1 aromatic carbocycles. The molecule has 0 saturated heterocycles. The summed E-state index contributed by atoms with van der Waals surface area (Å²) in [4.78, 5) is 11.7. The van der Waals surface area contributed by atoms with Crippen LogP contribution >= 0.6 is 23.2 Å². The molecule has 1 aromatic heterocycles. The first-order valence-electron chi connectivity index (χ1n) is 10.0. The first kappa shape index (κ1) is 23.6. The van der Waals surface area contributed by atoms with E-state index in [1.165, 1.54) is 12.3 Å². The molecule has 29 heavy (non-hydrogen) atoms. The zero-order valence-corrected chi connectivity index (χ0v) is 18.2. The van der Waals surface area contributed by atoms with E-state index < -0.39 is 0 Å². The Morgan fingerprint density at radius 1 is 1.00 bits per heavy atom. The van der Waals surface area contributed by atoms with Gasteiger partial charge in [-0.2, -0.15) is 0 Å². The maximum absolute atomic E-state index is 11.7. The van der Waals surface area contributed by atoms with Crippen LogP contribution in [0.4, 0.5) is 0 Å². The molecule has 7 heteroatoms. The molecule has 2 rings (SSSR count). The van der Waals surface area contributed by atoms with Gasteiger partial charge in [0.05, 0.1) is 23.3 Å². The highest BCUT2D eigenvalue weighted by molar-refractivity contribution is 6.42. The third kappa shape index (κ3) is 7.57. The maximum atomic E-state index is 11.7. The number of unbranched alkanes of at least 4 members (excludes halogenated alkanes) is 4. The summed E-state index contributed by atoms with van der Waals surface area (Å²) in [5.74, 6) is 1.23. The molecule has 160 valence electrons. The Labute approximate surface area is 181 Å². The van der Waals surface area contributed by atoms with Crippen LogP contribution in [0, 0.1) is 0 Å². The predicted octanol–water partition coefficient (Wildman–Crippen LogP) is 5.80. The number of hydrogen-bond acceptors (Lipinski definition) is 5. The molecule has 0 aliphatic carbocycles. The van der Waals surface area contributed by atoms with Crippen LogP contribution in [0.3, 0.4) is 0 Å². The van der Waals surface area contributed by atoms with E-state index in [2.05, 4.69) is 6.92 Å². The largest absolute Gasteiger partial charge is 0.493 e. The molecule has 0 radical (unpaired) electrons. The lowest BCUT2D eigenvalue weighted by Gasteiger charge is -2.13. The zero-order chi connectivity index (χ0) is 21.1. The molecule has 1 N–H and O–H groups in total. The maximum Gasteiger partial charge on any atom is 0.227 e. The van der Waals surface area contributed by atoms with Gasteiger partial charge in [0, 0.05) is 11.6 Å². The van der Waals surface area contributed by atoms with Gasteiger partial charge in [0.2, 0.25) is 11.2 Å². The summed E-state index contributed by atoms with van der Waals surface area (Å²) in [6.07, 6.45) is 8.01. The van der Waals surface area contributed by atoms with Gasteiger partial charge in [-0.3, -0.25) is 4.79 Å². The Morgan fingerprint density at radius 3 is 2.28 bits per heavy atom. The molecule has 1 heterocycles. The highest BCUT2D eigenvalue weighted by Gasteiger charge is 2.11. The Morgan fingerprint density at radius 2 is 1.66 bits per heavy atom. The van der Waals surface area contributed by atoms with Gasteiger partial charge >= 0.3 is 0 Å². The molecule has 0 spiro atoms. The van der Waals surface area contributed by atoms with Gasteiger partial charge in [-0.25, -0.2) is 0 Å². The normalized spacial score (nSPS) is 10.9. The third-order valence-corrected chi connectivity index (χ3v) is 5.31. The lowest BCUT2D eigenvalue weighted by Crippen LogP contribution is -2.09. The molecular weight excluding hydrogens is 415 g/mol. The summed E-state index contributed by atoms with van der Waals surface area (Å²) in [5, 5.41) is 10.1. The quantitative estimate of drug-likeness (QED) is 0.397. The van der Waals surface area contributed by atoms with E-state index in [0.717, 1.165) is 56.3 Å². The van der Waals surface area contributed by atoms with Crippen molar-refractivity contribution in [2.24, 2.45) is 0 Å². The van der Waals surface area contributed by atoms with Crippen LogP contribution in [0.1, 0.15) is 56.8 Å². The monoisotopic (exact) mass is 442 g/mol. The number of hydrogen-bond donors (Lipinski definition) is 1. The van der Waals surface area contributed by atoms with Crippen LogP contribution in [0.15, 0.2) is 33.7 Å². The minimum Gasteiger partial charge on any atom is -0.493 e. The van der Waals surface area contributed by atoms with Gasteiger partial charge in [0.1, 0.15) is 24.4 Å². The third-order valence-electron chi connectivity index (χ3n) is 4.47. The SMILES string of the molecule is CCCc1c(OCCCCCCCOc2coc(CO)cc2=O)ccc(Cl)c1Cl. The van der Waals surface area contributed by atoms with E-state index in [4.69, 9.17) is 42.2 Å². The molecule has 0 amide bonds. The Kier molecular flexibility index (Phi) is 10.4. The van der Waals surface area contributed by atoms with Crippen molar-refractivity contribution in [2.75, 3.05) is 13.2 Å². The second kappa shape index (κ2) is 12.8. The second-order valence-electron chi connectivity index (χ2n) is 6.79. The van der Waals surface area contributed by atoms with Gasteiger partial charge in [0.15, 0.2) is 0 Å². The van der Waals surface area contributed by atoms with Gasteiger partial charge in [-0.1, -0.05) is 55.8 Å². The fraction of sp³-hybridized carbons (Fsp3) is 0.500. The molecule has 0 bridgehead atoms. The summed E-state index contributed by atoms with van der Waals surface area (Å²) in [6, 6.07) is 4.91. The number of rotatable bonds is 13. The van der Waals surface area contributed by atoms with Crippen molar-refractivity contribution in [1.82, 2.24) is 0 Å². The van der Waals surface area contributed by atoms with E-state index in [0.29, 0.717) is 23.3 Å². The highest BCUT2D eigenvalue weighted by Crippen LogP contribution is 2.34. The molecule has 0 saturated carbocycles. The molecule has 2 aromatic rings. The van der Waals surface area contributed by atoms with E-state index >= 15 is 0 Å². The Hall–Kier alpha value is -1.69. The molecule has 0 unspecified atom stereocenters. The van der Waals surface area contributed by atoms with Crippen molar-refractivity contribution in [2.45, 2.75) is 58.5 Å². The van der Waals surface area contributed by atoms with Crippen molar-refractivity contribution in [3.8, 4) is 11.5 Å². The molecule has 0 fully saturated rings. The van der Waals surface area contributed by atoms with Crippen LogP contribution in [0.2, 0.25) is 10.0 Å². The molecule has 0 atom stereocenters. The smallest absolute Gasteiger partial charge is 0.227 e. The Balaban J connectivity index is 1.60. The minimum atomic E-state index is -0.301. The fourth-order valence-corrected chi connectivity index (χ4v) is 3.35. The van der Waals surface area contributed by atoms with Crippen LogP contribution in [-0.2, 0) is 13.0 Å². The molecular formula is C22H28Cl2O5. The topological polar surface area (TPSA) is 68.9 Å². The second-order valence-corrected chi connectivity index (χ2v) is 7.57. The fourth-order valence-electron chi connectivity index (χ4n) is 2.92. The van der Waals surface area contributed by atoms with E-state index in [1.54, 1.807) is 6.07 Å². The summed E-state index contributed by atoms with van der Waals surface area (Å²) in [6.45, 7) is 2.90. The average Bonchev–Trinajstić information content (AvgIpc) is 2.72. The standard InChI is InChI=1S/C22H28Cl2O5/c1-2-8-17-20(10-9-18(23)22(17)24)27-11-6-4-3-5-7-12-28-21-15-29-16(14-25)13-19(21)26/h9-10,13,15,25H,2-8,11-12,14H2,1H3. The van der Waals surface area contributed by atoms with Crippen LogP contribution in [0.5, 0.6) is 11.5 Å². The predicted molar refractivity (Wildman–Crippen MR) is 115 cm³/mol. The van der Waals surface area contributed by atoms with Gasteiger partial charge in [-0.15, -0.1) is 0 Å².